The molecule has 0 atom stereocenters. The number of carbonyl (C=O) groups excluding carboxylic acids is 1. The van der Waals surface area contributed by atoms with Crippen LogP contribution in [0.2, 0.25) is 0 Å². The summed E-state index contributed by atoms with van der Waals surface area (Å²) in [5.41, 5.74) is 0.0489. The van der Waals surface area contributed by atoms with Crippen molar-refractivity contribution < 1.29 is 14.1 Å². The second kappa shape index (κ2) is 4.35. The smallest absolute Gasteiger partial charge is 0.257 e. The first kappa shape index (κ1) is 11.9. The van der Waals surface area contributed by atoms with Crippen LogP contribution in [-0.4, -0.2) is 23.3 Å². The van der Waals surface area contributed by atoms with Crippen molar-refractivity contribution in [2.45, 2.75) is 45.6 Å². The lowest BCUT2D eigenvalue weighted by molar-refractivity contribution is -0.766. The second-order valence-electron chi connectivity index (χ2n) is 4.98. The maximum atomic E-state index is 10.8. The molecule has 0 aromatic carbocycles. The SMILES string of the molecule is CC(=O)[N-]c1c[n+](N2CCCCC2(C)C)no1. The lowest BCUT2D eigenvalue weighted by Gasteiger charge is -2.35. The largest absolute Gasteiger partial charge is 0.589 e. The molecule has 0 bridgehead atoms. The van der Waals surface area contributed by atoms with E-state index in [2.05, 4.69) is 29.4 Å². The number of amides is 1. The zero-order valence-electron chi connectivity index (χ0n) is 10.5. The monoisotopic (exact) mass is 238 g/mol. The van der Waals surface area contributed by atoms with Crippen LogP contribution in [0, 0.1) is 0 Å². The van der Waals surface area contributed by atoms with Crippen molar-refractivity contribution in [3.63, 3.8) is 0 Å². The van der Waals surface area contributed by atoms with Crippen molar-refractivity contribution in [1.29, 1.82) is 0 Å². The number of aromatic nitrogens is 2. The first-order valence-electron chi connectivity index (χ1n) is 5.88. The van der Waals surface area contributed by atoms with E-state index in [4.69, 9.17) is 4.52 Å². The van der Waals surface area contributed by atoms with E-state index in [0.717, 1.165) is 19.4 Å². The van der Waals surface area contributed by atoms with Crippen LogP contribution in [-0.2, 0) is 4.79 Å². The molecule has 94 valence electrons. The molecule has 1 fully saturated rings. The van der Waals surface area contributed by atoms with Crippen LogP contribution in [0.15, 0.2) is 10.7 Å². The van der Waals surface area contributed by atoms with E-state index in [9.17, 15) is 4.79 Å². The third-order valence-corrected chi connectivity index (χ3v) is 3.07. The summed E-state index contributed by atoms with van der Waals surface area (Å²) in [6, 6.07) is 0. The van der Waals surface area contributed by atoms with Gasteiger partial charge in [-0.15, -0.1) is 5.01 Å². The number of piperidine rings is 1. The van der Waals surface area contributed by atoms with Gasteiger partial charge in [-0.05, 0) is 40.0 Å². The summed E-state index contributed by atoms with van der Waals surface area (Å²) in [6.45, 7) is 6.67. The molecule has 6 nitrogen and oxygen atoms in total. The predicted octanol–water partition coefficient (Wildman–Crippen LogP) is 1.41. The zero-order chi connectivity index (χ0) is 12.5. The molecule has 0 saturated carbocycles. The maximum absolute atomic E-state index is 10.8. The zero-order valence-corrected chi connectivity index (χ0v) is 10.5. The van der Waals surface area contributed by atoms with Gasteiger partial charge in [-0.2, -0.15) is 0 Å². The Hall–Kier alpha value is -1.59. The maximum Gasteiger partial charge on any atom is 0.257 e. The molecule has 0 aliphatic carbocycles. The van der Waals surface area contributed by atoms with Crippen LogP contribution in [0.4, 0.5) is 5.88 Å². The standard InChI is InChI=1S/C11H18N4O2/c1-9(16)12-10-8-15(13-17-10)14-7-5-4-6-11(14,2)3/h8H,4-7H2,1-3H3. The van der Waals surface area contributed by atoms with Crippen LogP contribution < -0.4 is 9.80 Å². The number of carbonyl (C=O) groups is 1. The van der Waals surface area contributed by atoms with Gasteiger partial charge in [-0.3, -0.25) is 0 Å². The third kappa shape index (κ3) is 2.57. The minimum absolute atomic E-state index is 0.0489. The Morgan fingerprint density at radius 1 is 1.59 bits per heavy atom. The normalized spacial score (nSPS) is 19.1. The van der Waals surface area contributed by atoms with Gasteiger partial charge in [-0.1, -0.05) is 0 Å². The molecule has 0 unspecified atom stereocenters. The molecule has 1 aromatic heterocycles. The van der Waals surface area contributed by atoms with E-state index in [-0.39, 0.29) is 17.3 Å². The fourth-order valence-corrected chi connectivity index (χ4v) is 2.18. The highest BCUT2D eigenvalue weighted by atomic mass is 16.5. The molecule has 1 aliphatic rings. The van der Waals surface area contributed by atoms with Crippen molar-refractivity contribution in [3.8, 4) is 0 Å². The summed E-state index contributed by atoms with van der Waals surface area (Å²) in [4.78, 5) is 12.5. The Labute approximate surface area is 101 Å². The quantitative estimate of drug-likeness (QED) is 0.731. The summed E-state index contributed by atoms with van der Waals surface area (Å²) in [5.74, 6) is -0.0370. The van der Waals surface area contributed by atoms with Gasteiger partial charge in [0.1, 0.15) is 5.88 Å². The number of hydrogen-bond acceptors (Lipinski definition) is 4. The van der Waals surface area contributed by atoms with E-state index >= 15 is 0 Å². The van der Waals surface area contributed by atoms with Gasteiger partial charge in [0.15, 0.2) is 0 Å². The summed E-state index contributed by atoms with van der Waals surface area (Å²) < 4.78 is 5.01. The molecule has 0 N–H and O–H groups in total. The van der Waals surface area contributed by atoms with Crippen LogP contribution in [0.1, 0.15) is 40.0 Å². The summed E-state index contributed by atoms with van der Waals surface area (Å²) in [7, 11) is 0. The Kier molecular flexibility index (Phi) is 3.04. The molecule has 0 radical (unpaired) electrons. The third-order valence-electron chi connectivity index (χ3n) is 3.07. The van der Waals surface area contributed by atoms with Gasteiger partial charge in [0.25, 0.3) is 6.20 Å². The minimum atomic E-state index is -0.286. The van der Waals surface area contributed by atoms with Crippen LogP contribution in [0.25, 0.3) is 5.32 Å². The van der Waals surface area contributed by atoms with E-state index in [1.54, 1.807) is 11.0 Å². The molecule has 0 spiro atoms. The first-order valence-corrected chi connectivity index (χ1v) is 5.88. The Morgan fingerprint density at radius 3 is 3.00 bits per heavy atom. The highest BCUT2D eigenvalue weighted by Crippen LogP contribution is 2.24. The fraction of sp³-hybridized carbons (Fsp3) is 0.727. The molecular weight excluding hydrogens is 220 g/mol. The molecule has 1 amide bonds. The lowest BCUT2D eigenvalue weighted by Crippen LogP contribution is -2.69. The van der Waals surface area contributed by atoms with Crippen molar-refractivity contribution in [3.05, 3.63) is 11.5 Å². The molecule has 1 saturated heterocycles. The van der Waals surface area contributed by atoms with Crippen LogP contribution in [0.5, 0.6) is 0 Å². The van der Waals surface area contributed by atoms with Crippen LogP contribution in [0.3, 0.4) is 0 Å². The lowest BCUT2D eigenvalue weighted by atomic mass is 9.92. The summed E-state index contributed by atoms with van der Waals surface area (Å²) in [6.07, 6.45) is 5.13. The minimum Gasteiger partial charge on any atom is -0.589 e. The van der Waals surface area contributed by atoms with Gasteiger partial charge in [-0.25, -0.2) is 0 Å². The molecule has 1 aliphatic heterocycles. The van der Waals surface area contributed by atoms with E-state index < -0.39 is 0 Å². The molecular formula is C11H18N4O2. The molecule has 6 heteroatoms. The predicted molar refractivity (Wildman–Crippen MR) is 61.4 cm³/mol. The highest BCUT2D eigenvalue weighted by molar-refractivity contribution is 5.92. The van der Waals surface area contributed by atoms with E-state index in [1.165, 1.54) is 13.3 Å². The van der Waals surface area contributed by atoms with Crippen molar-refractivity contribution in [2.75, 3.05) is 11.6 Å². The van der Waals surface area contributed by atoms with Crippen molar-refractivity contribution >= 4 is 11.8 Å². The average Bonchev–Trinajstić information content (AvgIpc) is 2.64. The number of nitrogens with zero attached hydrogens (tertiary/aromatic N) is 4. The van der Waals surface area contributed by atoms with Gasteiger partial charge in [0, 0.05) is 0 Å². The molecule has 17 heavy (non-hydrogen) atoms. The number of rotatable bonds is 2. The van der Waals surface area contributed by atoms with Crippen molar-refractivity contribution in [2.24, 2.45) is 0 Å². The molecule has 2 heterocycles. The van der Waals surface area contributed by atoms with Gasteiger partial charge in [0.05, 0.1) is 22.8 Å². The van der Waals surface area contributed by atoms with Gasteiger partial charge < -0.3 is 14.6 Å². The van der Waals surface area contributed by atoms with Gasteiger partial charge >= 0.3 is 0 Å². The Bertz CT molecular complexity index is 413. The summed E-state index contributed by atoms with van der Waals surface area (Å²) in [5, 5.41) is 9.76. The Balaban J connectivity index is 2.15. The van der Waals surface area contributed by atoms with Gasteiger partial charge in [0.2, 0.25) is 5.27 Å². The van der Waals surface area contributed by atoms with E-state index in [1.807, 2.05) is 0 Å². The second-order valence-corrected chi connectivity index (χ2v) is 4.98. The average molecular weight is 238 g/mol. The molecule has 1 aromatic rings. The van der Waals surface area contributed by atoms with E-state index in [0.29, 0.717) is 0 Å². The Morgan fingerprint density at radius 2 is 2.35 bits per heavy atom. The van der Waals surface area contributed by atoms with Crippen LogP contribution >= 0.6 is 0 Å². The fourth-order valence-electron chi connectivity index (χ4n) is 2.18. The first-order chi connectivity index (χ1) is 7.99. The highest BCUT2D eigenvalue weighted by Gasteiger charge is 2.37. The summed E-state index contributed by atoms with van der Waals surface area (Å²) >= 11 is 0. The van der Waals surface area contributed by atoms with Crippen molar-refractivity contribution in [1.82, 2.24) is 5.27 Å². The molecule has 2 rings (SSSR count). The topological polar surface area (TPSA) is 64.3 Å². The number of hydrogen-bond donors (Lipinski definition) is 0.